The van der Waals surface area contributed by atoms with E-state index in [4.69, 9.17) is 5.73 Å². The molecule has 2 aromatic rings. The third kappa shape index (κ3) is 4.92. The molecule has 162 valence electrons. The van der Waals surface area contributed by atoms with Crippen LogP contribution < -0.4 is 5.73 Å². The highest BCUT2D eigenvalue weighted by atomic mass is 32.2. The average molecular weight is 425 g/mol. The van der Waals surface area contributed by atoms with Crippen molar-refractivity contribution in [2.24, 2.45) is 5.73 Å². The van der Waals surface area contributed by atoms with E-state index in [9.17, 15) is 4.79 Å². The normalized spacial score (nSPS) is 18.0. The van der Waals surface area contributed by atoms with Gasteiger partial charge in [0.15, 0.2) is 0 Å². The second-order valence-corrected chi connectivity index (χ2v) is 9.38. The van der Waals surface area contributed by atoms with E-state index >= 15 is 0 Å². The number of rotatable bonds is 11. The molecule has 3 nitrogen and oxygen atoms in total. The molecule has 3 rings (SSSR count). The molecule has 1 heterocycles. The standard InChI is InChI=1S/C26H36N2OS/c1-3-5-11-18-28(17-6-4-2)19-16-26(25(27)29)22-13-8-7-12-21(22)20-30-24-15-10-9-14-23(24)26/h7-10,12-15H,3-6,11,16-20H2,1-2H3,(H2,27,29). The molecule has 0 spiro atoms. The second kappa shape index (κ2) is 11.0. The Morgan fingerprint density at radius 3 is 2.33 bits per heavy atom. The first-order chi connectivity index (χ1) is 14.6. The molecule has 1 unspecified atom stereocenters. The SMILES string of the molecule is CCCCCN(CCCC)CCC1(C(N)=O)c2ccccc2CSc2ccccc21. The van der Waals surface area contributed by atoms with Gasteiger partial charge in [0.25, 0.3) is 0 Å². The van der Waals surface area contributed by atoms with Gasteiger partial charge >= 0.3 is 0 Å². The molecule has 1 aliphatic heterocycles. The summed E-state index contributed by atoms with van der Waals surface area (Å²) in [6, 6.07) is 16.7. The van der Waals surface area contributed by atoms with Crippen LogP contribution in [0.5, 0.6) is 0 Å². The largest absolute Gasteiger partial charge is 0.369 e. The van der Waals surface area contributed by atoms with Crippen LogP contribution in [-0.2, 0) is 16.0 Å². The lowest BCUT2D eigenvalue weighted by molar-refractivity contribution is -0.122. The van der Waals surface area contributed by atoms with Crippen molar-refractivity contribution in [1.82, 2.24) is 4.90 Å². The topological polar surface area (TPSA) is 46.3 Å². The van der Waals surface area contributed by atoms with Crippen LogP contribution in [0.4, 0.5) is 0 Å². The highest BCUT2D eigenvalue weighted by molar-refractivity contribution is 7.98. The van der Waals surface area contributed by atoms with E-state index in [1.165, 1.54) is 42.6 Å². The summed E-state index contributed by atoms with van der Waals surface area (Å²) in [5.41, 5.74) is 8.87. The molecular weight excluding hydrogens is 388 g/mol. The minimum Gasteiger partial charge on any atom is -0.369 e. The van der Waals surface area contributed by atoms with Crippen molar-refractivity contribution in [1.29, 1.82) is 0 Å². The maximum Gasteiger partial charge on any atom is 0.232 e. The van der Waals surface area contributed by atoms with Gasteiger partial charge in [-0.05, 0) is 61.7 Å². The summed E-state index contributed by atoms with van der Waals surface area (Å²) in [5.74, 6) is 0.645. The van der Waals surface area contributed by atoms with Crippen molar-refractivity contribution in [3.05, 3.63) is 65.2 Å². The summed E-state index contributed by atoms with van der Waals surface area (Å²) in [5, 5.41) is 0. The number of nitrogens with two attached hydrogens (primary N) is 1. The molecule has 0 radical (unpaired) electrons. The summed E-state index contributed by atoms with van der Waals surface area (Å²) in [6.45, 7) is 7.56. The van der Waals surface area contributed by atoms with E-state index in [1.54, 1.807) is 0 Å². The van der Waals surface area contributed by atoms with Crippen molar-refractivity contribution in [2.75, 3.05) is 19.6 Å². The summed E-state index contributed by atoms with van der Waals surface area (Å²) in [7, 11) is 0. The Balaban J connectivity index is 1.98. The number of amides is 1. The quantitative estimate of drug-likeness (QED) is 0.467. The molecule has 1 aliphatic rings. The van der Waals surface area contributed by atoms with Crippen LogP contribution in [0, 0.1) is 0 Å². The third-order valence-corrected chi connectivity index (χ3v) is 7.46. The molecular formula is C26H36N2OS. The first kappa shape index (κ1) is 22.9. The number of unbranched alkanes of at least 4 members (excludes halogenated alkanes) is 3. The first-order valence-corrected chi connectivity index (χ1v) is 12.4. The van der Waals surface area contributed by atoms with E-state index in [0.717, 1.165) is 42.9 Å². The minimum atomic E-state index is -0.772. The number of hydrogen-bond donors (Lipinski definition) is 1. The van der Waals surface area contributed by atoms with Gasteiger partial charge in [-0.3, -0.25) is 4.79 Å². The zero-order valence-electron chi connectivity index (χ0n) is 18.5. The maximum atomic E-state index is 13.2. The van der Waals surface area contributed by atoms with Crippen LogP contribution in [0.1, 0.15) is 69.1 Å². The average Bonchev–Trinajstić information content (AvgIpc) is 2.91. The number of nitrogens with zero attached hydrogens (tertiary/aromatic N) is 1. The Bertz CT molecular complexity index is 788. The molecule has 0 aromatic heterocycles. The monoisotopic (exact) mass is 424 g/mol. The number of hydrogen-bond acceptors (Lipinski definition) is 3. The van der Waals surface area contributed by atoms with Gasteiger partial charge < -0.3 is 10.6 Å². The first-order valence-electron chi connectivity index (χ1n) is 11.5. The molecule has 30 heavy (non-hydrogen) atoms. The number of thioether (sulfide) groups is 1. The van der Waals surface area contributed by atoms with Crippen LogP contribution in [0.25, 0.3) is 0 Å². The fourth-order valence-corrected chi connectivity index (χ4v) is 5.73. The smallest absolute Gasteiger partial charge is 0.232 e. The van der Waals surface area contributed by atoms with E-state index in [1.807, 2.05) is 23.9 Å². The molecule has 2 aromatic carbocycles. The number of benzene rings is 2. The van der Waals surface area contributed by atoms with Gasteiger partial charge in [0.2, 0.25) is 5.91 Å². The van der Waals surface area contributed by atoms with Gasteiger partial charge in [-0.2, -0.15) is 0 Å². The summed E-state index contributed by atoms with van der Waals surface area (Å²) in [4.78, 5) is 17.0. The highest BCUT2D eigenvalue weighted by Crippen LogP contribution is 2.46. The van der Waals surface area contributed by atoms with Crippen molar-refractivity contribution < 1.29 is 4.79 Å². The number of fused-ring (bicyclic) bond motifs is 2. The van der Waals surface area contributed by atoms with Gasteiger partial charge in [-0.15, -0.1) is 11.8 Å². The van der Waals surface area contributed by atoms with Crippen molar-refractivity contribution >= 4 is 17.7 Å². The van der Waals surface area contributed by atoms with Crippen molar-refractivity contribution in [3.63, 3.8) is 0 Å². The Labute approximate surface area is 186 Å². The lowest BCUT2D eigenvalue weighted by Gasteiger charge is -2.35. The predicted molar refractivity (Wildman–Crippen MR) is 128 cm³/mol. The molecule has 0 saturated carbocycles. The molecule has 0 fully saturated rings. The van der Waals surface area contributed by atoms with Gasteiger partial charge in [0.05, 0.1) is 0 Å². The lowest BCUT2D eigenvalue weighted by Crippen LogP contribution is -2.45. The number of carbonyl (C=O) groups is 1. The summed E-state index contributed by atoms with van der Waals surface area (Å²) in [6.07, 6.45) is 6.81. The molecule has 0 saturated heterocycles. The molecule has 0 aliphatic carbocycles. The van der Waals surface area contributed by atoms with Crippen LogP contribution in [-0.4, -0.2) is 30.4 Å². The predicted octanol–water partition coefficient (Wildman–Crippen LogP) is 5.75. The Morgan fingerprint density at radius 2 is 1.60 bits per heavy atom. The highest BCUT2D eigenvalue weighted by Gasteiger charge is 2.44. The zero-order chi connectivity index (χ0) is 21.4. The molecule has 0 bridgehead atoms. The van der Waals surface area contributed by atoms with Gasteiger partial charge in [-0.1, -0.05) is 75.6 Å². The van der Waals surface area contributed by atoms with Crippen LogP contribution in [0.2, 0.25) is 0 Å². The van der Waals surface area contributed by atoms with E-state index in [2.05, 4.69) is 55.1 Å². The fraction of sp³-hybridized carbons (Fsp3) is 0.500. The van der Waals surface area contributed by atoms with Gasteiger partial charge in [0.1, 0.15) is 5.41 Å². The number of primary amides is 1. The van der Waals surface area contributed by atoms with E-state index in [-0.39, 0.29) is 5.91 Å². The number of carbonyl (C=O) groups excluding carboxylic acids is 1. The molecule has 1 atom stereocenters. The molecule has 2 N–H and O–H groups in total. The minimum absolute atomic E-state index is 0.228. The van der Waals surface area contributed by atoms with E-state index < -0.39 is 5.41 Å². The summed E-state index contributed by atoms with van der Waals surface area (Å²) < 4.78 is 0. The Hall–Kier alpha value is -1.78. The van der Waals surface area contributed by atoms with Gasteiger partial charge in [-0.25, -0.2) is 0 Å². The van der Waals surface area contributed by atoms with Crippen LogP contribution >= 0.6 is 11.8 Å². The third-order valence-electron chi connectivity index (χ3n) is 6.34. The summed E-state index contributed by atoms with van der Waals surface area (Å²) >= 11 is 1.82. The zero-order valence-corrected chi connectivity index (χ0v) is 19.3. The lowest BCUT2D eigenvalue weighted by atomic mass is 9.70. The second-order valence-electron chi connectivity index (χ2n) is 8.36. The Morgan fingerprint density at radius 1 is 0.933 bits per heavy atom. The van der Waals surface area contributed by atoms with Crippen LogP contribution in [0.15, 0.2) is 53.4 Å². The maximum absolute atomic E-state index is 13.2. The molecule has 4 heteroatoms. The van der Waals surface area contributed by atoms with Crippen molar-refractivity contribution in [2.45, 2.75) is 68.4 Å². The van der Waals surface area contributed by atoms with E-state index in [0.29, 0.717) is 0 Å². The van der Waals surface area contributed by atoms with Crippen LogP contribution in [0.3, 0.4) is 0 Å². The molecule has 1 amide bonds. The Kier molecular flexibility index (Phi) is 8.41. The van der Waals surface area contributed by atoms with Gasteiger partial charge in [0, 0.05) is 10.6 Å². The fourth-order valence-electron chi connectivity index (χ4n) is 4.59. The van der Waals surface area contributed by atoms with Crippen molar-refractivity contribution in [3.8, 4) is 0 Å².